The number of fused-ring (bicyclic) bond motifs is 4. The number of aromatic carboxylic acids is 2. The summed E-state index contributed by atoms with van der Waals surface area (Å²) >= 11 is 5.92. The maximum Gasteiger partial charge on any atom is 0.410 e. The van der Waals surface area contributed by atoms with Gasteiger partial charge in [-0.2, -0.15) is 15.0 Å². The second kappa shape index (κ2) is 31.8. The van der Waals surface area contributed by atoms with E-state index in [4.69, 9.17) is 46.0 Å². The molecule has 0 radical (unpaired) electrons. The van der Waals surface area contributed by atoms with Gasteiger partial charge in [0, 0.05) is 196 Å². The number of esters is 1. The average molecular weight is 1640 g/mol. The zero-order chi connectivity index (χ0) is 85.1. The number of amides is 3. The van der Waals surface area contributed by atoms with Gasteiger partial charge in [-0.1, -0.05) is 55.4 Å². The van der Waals surface area contributed by atoms with E-state index in [0.29, 0.717) is 55.5 Å². The first-order chi connectivity index (χ1) is 55.2. The first-order valence-electron chi connectivity index (χ1n) is 40.5. The third-order valence-corrected chi connectivity index (χ3v) is 25.5. The number of ether oxygens (including phenoxy) is 3. The Kier molecular flexibility index (Phi) is 23.0. The highest BCUT2D eigenvalue weighted by molar-refractivity contribution is 6.28. The van der Waals surface area contributed by atoms with Crippen LogP contribution in [-0.4, -0.2) is 222 Å². The number of halogens is 1. The van der Waals surface area contributed by atoms with E-state index in [2.05, 4.69) is 131 Å². The van der Waals surface area contributed by atoms with E-state index in [1.807, 2.05) is 109 Å². The topological polar surface area (TPSA) is 344 Å². The molecule has 9 aliphatic rings. The Labute approximate surface area is 696 Å². The van der Waals surface area contributed by atoms with Gasteiger partial charge in [-0.05, 0) is 184 Å². The lowest BCUT2D eigenvalue weighted by Gasteiger charge is -2.30. The molecule has 3 amide bonds. The number of nitrogens with zero attached hydrogens (tertiary/aromatic N) is 15. The first kappa shape index (κ1) is 85.1. The molecule has 31 heteroatoms. The molecule has 6 N–H and O–H groups in total. The van der Waals surface area contributed by atoms with Crippen molar-refractivity contribution in [1.29, 1.82) is 0 Å². The van der Waals surface area contributed by atoms with Crippen LogP contribution in [0.5, 0.6) is 0 Å². The molecular weight excluding hydrogens is 1520 g/mol. The zero-order valence-electron chi connectivity index (χ0n) is 71.0. The Morgan fingerprint density at radius 3 is 0.949 bits per heavy atom. The number of likely N-dealkylation sites (tertiary alicyclic amines) is 3. The number of carboxylic acids is 2. The largest absolute Gasteiger partial charge is 0.478 e. The lowest BCUT2D eigenvalue weighted by Crippen LogP contribution is -2.39. The number of benzene rings is 3. The molecule has 1 saturated carbocycles. The van der Waals surface area contributed by atoms with E-state index in [1.54, 1.807) is 85.5 Å². The summed E-state index contributed by atoms with van der Waals surface area (Å²) in [6.07, 6.45) is 8.53. The van der Waals surface area contributed by atoms with Crippen LogP contribution in [0, 0.1) is 49.2 Å². The second-order valence-corrected chi connectivity index (χ2v) is 39.1. The van der Waals surface area contributed by atoms with Gasteiger partial charge in [0.2, 0.25) is 29.0 Å². The third-order valence-electron chi connectivity index (χ3n) is 25.3. The van der Waals surface area contributed by atoms with Gasteiger partial charge in [0.05, 0.1) is 16.7 Å². The number of hydrogen-bond donors (Lipinski definition) is 6. The van der Waals surface area contributed by atoms with Gasteiger partial charge >= 0.3 is 30.1 Å². The fourth-order valence-electron chi connectivity index (χ4n) is 17.8. The van der Waals surface area contributed by atoms with Crippen molar-refractivity contribution in [2.75, 3.05) is 140 Å². The summed E-state index contributed by atoms with van der Waals surface area (Å²) < 4.78 is 16.6. The molecule has 3 aromatic carbocycles. The highest BCUT2D eigenvalue weighted by atomic mass is 35.5. The minimum Gasteiger partial charge on any atom is -0.478 e. The number of aromatic nitrogens is 8. The molecule has 0 unspecified atom stereocenters. The maximum absolute atomic E-state index is 12.7. The Hall–Kier alpha value is -10.8. The van der Waals surface area contributed by atoms with Crippen molar-refractivity contribution >= 4 is 106 Å². The van der Waals surface area contributed by atoms with Gasteiger partial charge in [-0.3, -0.25) is 4.79 Å². The van der Waals surface area contributed by atoms with Crippen molar-refractivity contribution in [2.45, 2.75) is 147 Å². The molecule has 1 aliphatic carbocycles. The Bertz CT molecular complexity index is 4830. The molecule has 8 saturated heterocycles. The number of rotatable bonds is 14. The molecule has 0 spiro atoms. The quantitative estimate of drug-likeness (QED) is 0.0335. The molecule has 12 heterocycles. The molecule has 630 valence electrons. The lowest BCUT2D eigenvalue weighted by molar-refractivity contribution is -0.132. The average Bonchev–Trinajstić information content (AvgIpc) is 1.59. The Morgan fingerprint density at radius 2 is 0.661 bits per heavy atom. The third kappa shape index (κ3) is 18.7. The molecule has 8 aliphatic heterocycles. The van der Waals surface area contributed by atoms with Gasteiger partial charge in [0.25, 0.3) is 0 Å². The fourth-order valence-corrected chi connectivity index (χ4v) is 17.9. The van der Waals surface area contributed by atoms with E-state index in [0.717, 1.165) is 132 Å². The van der Waals surface area contributed by atoms with Crippen molar-refractivity contribution in [3.8, 4) is 0 Å². The van der Waals surface area contributed by atoms with Crippen LogP contribution in [0.1, 0.15) is 162 Å². The second-order valence-electron chi connectivity index (χ2n) is 38.8. The summed E-state index contributed by atoms with van der Waals surface area (Å²) in [5, 5.41) is 31.3. The van der Waals surface area contributed by atoms with Gasteiger partial charge in [-0.15, -0.1) is 0 Å². The number of anilines is 10. The van der Waals surface area contributed by atoms with Crippen molar-refractivity contribution in [3.63, 3.8) is 0 Å². The summed E-state index contributed by atoms with van der Waals surface area (Å²) in [5.41, 5.74) is 2.08. The molecule has 7 aromatic rings. The first-order valence-corrected chi connectivity index (χ1v) is 40.8. The predicted molar refractivity (Wildman–Crippen MR) is 453 cm³/mol. The van der Waals surface area contributed by atoms with Crippen molar-refractivity contribution in [2.24, 2.45) is 49.2 Å². The molecule has 8 atom stereocenters. The van der Waals surface area contributed by atoms with E-state index >= 15 is 0 Å². The van der Waals surface area contributed by atoms with Crippen LogP contribution in [0.4, 0.5) is 67.8 Å². The minimum absolute atomic E-state index is 0.0126. The van der Waals surface area contributed by atoms with Crippen molar-refractivity contribution < 1.29 is 53.2 Å². The normalized spacial score (nSPS) is 26.6. The summed E-state index contributed by atoms with van der Waals surface area (Å²) in [5.74, 6) is 3.27. The molecule has 30 nitrogen and oxygen atoms in total. The number of carboxylic acid groups (broad SMARTS) is 2. The van der Waals surface area contributed by atoms with Crippen LogP contribution in [0.2, 0.25) is 5.28 Å². The smallest absolute Gasteiger partial charge is 0.410 e. The fraction of sp³-hybridized carbons (Fsp3) is 0.540. The van der Waals surface area contributed by atoms with Crippen LogP contribution >= 0.6 is 11.6 Å². The molecule has 9 fully saturated rings. The number of hydrogen-bond acceptors (Lipinski definition) is 25. The highest BCUT2D eigenvalue weighted by Gasteiger charge is 2.63. The van der Waals surface area contributed by atoms with Crippen LogP contribution in [0.25, 0.3) is 0 Å². The highest BCUT2D eigenvalue weighted by Crippen LogP contribution is 2.56. The van der Waals surface area contributed by atoms with Crippen LogP contribution in [0.3, 0.4) is 0 Å². The van der Waals surface area contributed by atoms with E-state index in [9.17, 15) is 28.8 Å². The monoisotopic (exact) mass is 1640 g/mol. The molecule has 16 rings (SSSR count). The molecule has 4 aromatic heterocycles. The summed E-state index contributed by atoms with van der Waals surface area (Å²) in [7, 11) is 0. The van der Waals surface area contributed by atoms with E-state index < -0.39 is 28.7 Å². The van der Waals surface area contributed by atoms with E-state index in [1.165, 1.54) is 0 Å². The van der Waals surface area contributed by atoms with Crippen molar-refractivity contribution in [3.05, 3.63) is 144 Å². The Balaban J connectivity index is 0.000000138. The number of carbonyl (C=O) groups excluding carboxylic acids is 4. The van der Waals surface area contributed by atoms with E-state index in [-0.39, 0.29) is 83.8 Å². The van der Waals surface area contributed by atoms with Crippen LogP contribution in [0.15, 0.2) is 122 Å². The lowest BCUT2D eigenvalue weighted by atomic mass is 9.71. The predicted octanol–water partition coefficient (Wildman–Crippen LogP) is 13.8. The number of carbonyl (C=O) groups is 6. The van der Waals surface area contributed by atoms with Crippen LogP contribution < -0.4 is 40.9 Å². The summed E-state index contributed by atoms with van der Waals surface area (Å²) in [6, 6.07) is 27.8. The molecular formula is C87H114ClN19O11. The standard InChI is InChI=1S/C28H39N5O4.C23H27N5O3.C19H23N5O2.C17H25ClN4O2/c1-25(2,3)36-22(34)19-9-11-20(12-10-19)30-23-29-14-13-21(31-23)32-15-27(7)17-33(18-28(27,8)16-32)24(35)37-26(4,5)6;1-22-11-27(12-23(22,2)14-28(13-22)19(29)15-3-4-15)18-9-10-24-21(26-18)25-17-7-5-16(6-8-17)20(30)31;1-18-9-20-10-19(18,2)12-24(11-18)15-7-8-21-17(23-15)22-14-5-3-13(4-6-14)16(25)26;1-15(2,3)24-14(23)22-10-16(4)8-21(9-17(16,5)11-22)12-6-7-19-13(18)20-12/h9-14H,15-18H2,1-8H3,(H,29,30,31);5-10,15H,3-4,11-14H2,1-2H3,(H,30,31)(H,24,25,26);3-8,20H,9-12H2,1-2H3,(H,25,26)(H,21,22,23);6-7H,8-11H2,1-5H3/t27-,28+;22-,23+;18-,19+;16-,17+. The minimum atomic E-state index is -0.955. The summed E-state index contributed by atoms with van der Waals surface area (Å²) in [4.78, 5) is 122. The Morgan fingerprint density at radius 1 is 0.381 bits per heavy atom. The van der Waals surface area contributed by atoms with Crippen molar-refractivity contribution in [1.82, 2.24) is 59.9 Å². The summed E-state index contributed by atoms with van der Waals surface area (Å²) in [6.45, 7) is 48.3. The van der Waals surface area contributed by atoms with Gasteiger partial charge < -0.3 is 80.0 Å². The van der Waals surface area contributed by atoms with Gasteiger partial charge in [0.15, 0.2) is 0 Å². The SMILES string of the molecule is CC(C)(C)OC(=O)N1C[C@@]2(C)CN(c3ccnc(Cl)n3)C[C@@]2(C)C1.CC(C)(C)OC(=O)c1ccc(Nc2nccc(N3C[C@]4(C)CN(C(=O)OC(C)(C)C)C[C@]4(C)C3)n2)cc1.C[C@@]12CN(C(=O)C3CC3)C[C@]1(C)CN(c1ccnc(Nc3ccc(C(=O)O)cc3)n1)C2.C[C@@]12CNC[C@]1(C)CN(c1ccnc(Nc3ccc(C(=O)O)cc3)n1)C2. The zero-order valence-corrected chi connectivity index (χ0v) is 71.8. The molecule has 0 bridgehead atoms. The van der Waals surface area contributed by atoms with Crippen LogP contribution in [-0.2, 0) is 19.0 Å². The number of nitrogens with one attached hydrogen (secondary N) is 4. The van der Waals surface area contributed by atoms with Gasteiger partial charge in [0.1, 0.15) is 40.1 Å². The molecule has 118 heavy (non-hydrogen) atoms. The maximum atomic E-state index is 12.7. The van der Waals surface area contributed by atoms with Gasteiger partial charge in [-0.25, -0.2) is 48.9 Å².